The van der Waals surface area contributed by atoms with Crippen molar-refractivity contribution in [3.05, 3.63) is 91.9 Å². The number of rotatable bonds is 7. The van der Waals surface area contributed by atoms with Crippen LogP contribution in [-0.2, 0) is 19.6 Å². The fourth-order valence-electron chi connectivity index (χ4n) is 2.75. The van der Waals surface area contributed by atoms with Crippen molar-refractivity contribution in [1.82, 2.24) is 0 Å². The highest BCUT2D eigenvalue weighted by atomic mass is 79.9. The highest BCUT2D eigenvalue weighted by molar-refractivity contribution is 9.11. The molecule has 0 fully saturated rings. The number of benzene rings is 3. The number of aryl methyl sites for hydroxylation is 2. The van der Waals surface area contributed by atoms with Crippen LogP contribution in [0.3, 0.4) is 0 Å². The first-order valence-corrected chi connectivity index (χ1v) is 10.6. The Labute approximate surface area is 178 Å². The number of hydrogen-bond donors (Lipinski definition) is 1. The van der Waals surface area contributed by atoms with Gasteiger partial charge >= 0.3 is 0 Å². The number of ether oxygens (including phenoxy) is 1. The second-order valence-electron chi connectivity index (χ2n) is 6.57. The van der Waals surface area contributed by atoms with E-state index in [1.807, 2.05) is 0 Å². The van der Waals surface area contributed by atoms with Gasteiger partial charge in [-0.2, -0.15) is 0 Å². The molecule has 0 aliphatic heterocycles. The molecule has 0 aliphatic carbocycles. The minimum absolute atomic E-state index is 0.541. The van der Waals surface area contributed by atoms with Crippen molar-refractivity contribution in [2.24, 2.45) is 0 Å². The Morgan fingerprint density at radius 3 is 2.00 bits per heavy atom. The fourth-order valence-corrected chi connectivity index (χ4v) is 4.26. The summed E-state index contributed by atoms with van der Waals surface area (Å²) in [5.41, 5.74) is 6.05. The van der Waals surface area contributed by atoms with E-state index in [-0.39, 0.29) is 0 Å². The van der Waals surface area contributed by atoms with Gasteiger partial charge in [0, 0.05) is 12.2 Å². The molecule has 0 aromatic heterocycles. The topological polar surface area (TPSA) is 21.3 Å². The predicted molar refractivity (Wildman–Crippen MR) is 120 cm³/mol. The van der Waals surface area contributed by atoms with E-state index < -0.39 is 0 Å². The molecule has 3 rings (SSSR count). The van der Waals surface area contributed by atoms with Gasteiger partial charge in [-0.05, 0) is 86.2 Å². The summed E-state index contributed by atoms with van der Waals surface area (Å²) in [6.07, 6.45) is 1.06. The predicted octanol–water partition coefficient (Wildman–Crippen LogP) is 7.27. The first-order chi connectivity index (χ1) is 13.0. The molecule has 0 saturated carbocycles. The first kappa shape index (κ1) is 20.0. The molecule has 0 radical (unpaired) electrons. The van der Waals surface area contributed by atoms with Gasteiger partial charge in [-0.15, -0.1) is 0 Å². The average molecular weight is 489 g/mol. The van der Waals surface area contributed by atoms with E-state index in [2.05, 4.69) is 112 Å². The summed E-state index contributed by atoms with van der Waals surface area (Å²) in [5.74, 6) is 0.826. The fraction of sp³-hybridized carbons (Fsp3) is 0.217. The third kappa shape index (κ3) is 5.60. The van der Waals surface area contributed by atoms with Crippen LogP contribution < -0.4 is 10.1 Å². The minimum atomic E-state index is 0.541. The Kier molecular flexibility index (Phi) is 6.97. The van der Waals surface area contributed by atoms with Gasteiger partial charge in [0.1, 0.15) is 12.4 Å². The quantitative estimate of drug-likeness (QED) is 0.377. The van der Waals surface area contributed by atoms with Crippen LogP contribution in [0.2, 0.25) is 0 Å². The van der Waals surface area contributed by atoms with E-state index in [0.717, 1.165) is 38.9 Å². The third-order valence-corrected chi connectivity index (χ3v) is 5.60. The van der Waals surface area contributed by atoms with Crippen molar-refractivity contribution < 1.29 is 4.74 Å². The van der Waals surface area contributed by atoms with Crippen LogP contribution in [0.15, 0.2) is 69.6 Å². The summed E-state index contributed by atoms with van der Waals surface area (Å²) in [4.78, 5) is 0. The summed E-state index contributed by atoms with van der Waals surface area (Å²) >= 11 is 7.29. The molecule has 0 bridgehead atoms. The Bertz CT molecular complexity index is 866. The van der Waals surface area contributed by atoms with E-state index in [9.17, 15) is 0 Å². The summed E-state index contributed by atoms with van der Waals surface area (Å²) in [5, 5.41) is 3.47. The lowest BCUT2D eigenvalue weighted by Crippen LogP contribution is -2.01. The van der Waals surface area contributed by atoms with Gasteiger partial charge in [0.15, 0.2) is 0 Å². The monoisotopic (exact) mass is 487 g/mol. The summed E-state index contributed by atoms with van der Waals surface area (Å²) in [6.45, 7) is 5.54. The molecule has 2 nitrogen and oxygen atoms in total. The molecule has 3 aromatic rings. The lowest BCUT2D eigenvalue weighted by Gasteiger charge is -2.13. The number of anilines is 1. The zero-order chi connectivity index (χ0) is 19.2. The van der Waals surface area contributed by atoms with Crippen LogP contribution in [0.4, 0.5) is 5.69 Å². The van der Waals surface area contributed by atoms with Crippen LogP contribution in [-0.4, -0.2) is 0 Å². The van der Waals surface area contributed by atoms with Gasteiger partial charge in [0.25, 0.3) is 0 Å². The molecule has 0 heterocycles. The van der Waals surface area contributed by atoms with E-state index in [4.69, 9.17) is 4.74 Å². The number of nitrogens with one attached hydrogen (secondary N) is 1. The third-order valence-electron chi connectivity index (χ3n) is 4.42. The number of halogens is 2. The van der Waals surface area contributed by atoms with Gasteiger partial charge in [0.2, 0.25) is 0 Å². The van der Waals surface area contributed by atoms with E-state index >= 15 is 0 Å². The molecule has 3 aromatic carbocycles. The smallest absolute Gasteiger partial charge is 0.148 e. The molecule has 0 spiro atoms. The molecule has 0 atom stereocenters. The molecule has 140 valence electrons. The average Bonchev–Trinajstić information content (AvgIpc) is 2.67. The van der Waals surface area contributed by atoms with Crippen molar-refractivity contribution in [2.75, 3.05) is 5.32 Å². The van der Waals surface area contributed by atoms with Crippen LogP contribution >= 0.6 is 31.9 Å². The molecular formula is C23H23Br2NO. The first-order valence-electron chi connectivity index (χ1n) is 9.04. The molecule has 0 amide bonds. The lowest BCUT2D eigenvalue weighted by atomic mass is 10.1. The number of hydrogen-bond acceptors (Lipinski definition) is 2. The van der Waals surface area contributed by atoms with Gasteiger partial charge in [0.05, 0.1) is 8.95 Å². The van der Waals surface area contributed by atoms with Crippen LogP contribution in [0, 0.1) is 6.92 Å². The Balaban J connectivity index is 1.63. The van der Waals surface area contributed by atoms with Crippen molar-refractivity contribution >= 4 is 37.5 Å². The van der Waals surface area contributed by atoms with Crippen LogP contribution in [0.1, 0.15) is 29.2 Å². The maximum Gasteiger partial charge on any atom is 0.148 e. The van der Waals surface area contributed by atoms with Crippen molar-refractivity contribution in [3.63, 3.8) is 0 Å². The Hall–Kier alpha value is -1.78. The van der Waals surface area contributed by atoms with Crippen molar-refractivity contribution in [3.8, 4) is 5.75 Å². The highest BCUT2D eigenvalue weighted by Gasteiger charge is 2.10. The van der Waals surface area contributed by atoms with Crippen LogP contribution in [0.5, 0.6) is 5.75 Å². The summed E-state index contributed by atoms with van der Waals surface area (Å²) in [6, 6.07) is 21.2. The van der Waals surface area contributed by atoms with E-state index in [0.29, 0.717) is 6.61 Å². The molecule has 0 aliphatic rings. The SMILES string of the molecule is CCc1ccc(NCc2cc(Br)c(OCc3ccc(C)cc3)c(Br)c2)cc1. The maximum absolute atomic E-state index is 6.02. The second kappa shape index (κ2) is 9.43. The van der Waals surface area contributed by atoms with Crippen molar-refractivity contribution in [2.45, 2.75) is 33.4 Å². The normalized spacial score (nSPS) is 10.7. The highest BCUT2D eigenvalue weighted by Crippen LogP contribution is 2.35. The van der Waals surface area contributed by atoms with Crippen molar-refractivity contribution in [1.29, 1.82) is 0 Å². The standard InChI is InChI=1S/C23H23Br2NO/c1-3-17-8-10-20(11-9-17)26-14-19-12-21(24)23(22(25)13-19)27-15-18-6-4-16(2)5-7-18/h4-13,26H,3,14-15H2,1-2H3. The summed E-state index contributed by atoms with van der Waals surface area (Å²) in [7, 11) is 0. The molecule has 0 unspecified atom stereocenters. The zero-order valence-corrected chi connectivity index (χ0v) is 18.7. The Morgan fingerprint density at radius 1 is 0.815 bits per heavy atom. The van der Waals surface area contributed by atoms with Gasteiger partial charge in [-0.25, -0.2) is 0 Å². The van der Waals surface area contributed by atoms with Gasteiger partial charge in [-0.1, -0.05) is 48.9 Å². The summed E-state index contributed by atoms with van der Waals surface area (Å²) < 4.78 is 7.92. The van der Waals surface area contributed by atoms with E-state index in [1.165, 1.54) is 16.7 Å². The molecule has 0 saturated heterocycles. The Morgan fingerprint density at radius 2 is 1.41 bits per heavy atom. The second-order valence-corrected chi connectivity index (χ2v) is 8.28. The maximum atomic E-state index is 6.02. The largest absolute Gasteiger partial charge is 0.487 e. The van der Waals surface area contributed by atoms with Crippen LogP contribution in [0.25, 0.3) is 0 Å². The van der Waals surface area contributed by atoms with E-state index in [1.54, 1.807) is 0 Å². The minimum Gasteiger partial charge on any atom is -0.487 e. The molecule has 4 heteroatoms. The molecule has 1 N–H and O–H groups in total. The molecular weight excluding hydrogens is 466 g/mol. The van der Waals surface area contributed by atoms with Gasteiger partial charge < -0.3 is 10.1 Å². The van der Waals surface area contributed by atoms with Gasteiger partial charge in [-0.3, -0.25) is 0 Å². The lowest BCUT2D eigenvalue weighted by molar-refractivity contribution is 0.302. The zero-order valence-electron chi connectivity index (χ0n) is 15.6. The molecule has 27 heavy (non-hydrogen) atoms.